The Bertz CT molecular complexity index is 555. The van der Waals surface area contributed by atoms with E-state index >= 15 is 0 Å². The summed E-state index contributed by atoms with van der Waals surface area (Å²) in [6.07, 6.45) is 1.75. The number of fused-ring (bicyclic) bond motifs is 1. The van der Waals surface area contributed by atoms with Crippen molar-refractivity contribution in [3.8, 4) is 0 Å². The number of nitrogens with zero attached hydrogens (tertiary/aromatic N) is 2. The number of Topliss-reactive ketones (excluding diaryl/α,β-unsaturated/α-hetero) is 1. The van der Waals surface area contributed by atoms with E-state index in [1.54, 1.807) is 19.1 Å². The summed E-state index contributed by atoms with van der Waals surface area (Å²) in [5.74, 6) is 0.0463. The summed E-state index contributed by atoms with van der Waals surface area (Å²) in [5.41, 5.74) is 3.01. The third-order valence-corrected chi connectivity index (χ3v) is 2.21. The second-order valence-corrected chi connectivity index (χ2v) is 3.82. The Kier molecular flexibility index (Phi) is 4.15. The predicted molar refractivity (Wildman–Crippen MR) is 69.2 cm³/mol. The number of rotatable bonds is 1. The molecule has 4 heteroatoms. The number of aryl methyl sites for hydroxylation is 2. The smallest absolute Gasteiger partial charge is 0.182 e. The Morgan fingerprint density at radius 1 is 1.47 bits per heavy atom. The van der Waals surface area contributed by atoms with Crippen LogP contribution >= 0.6 is 0 Å². The zero-order valence-electron chi connectivity index (χ0n) is 10.7. The number of nitrogens with one attached hydrogen (secondary N) is 1. The maximum absolute atomic E-state index is 11.4. The first-order valence-electron chi connectivity index (χ1n) is 5.41. The third-order valence-electron chi connectivity index (χ3n) is 2.21. The summed E-state index contributed by atoms with van der Waals surface area (Å²) in [6, 6.07) is 1.80. The molecule has 2 rings (SSSR count). The summed E-state index contributed by atoms with van der Waals surface area (Å²) in [7, 11) is 0. The Hall–Kier alpha value is -1.97. The number of hydrogen-bond acceptors (Lipinski definition) is 3. The molecule has 0 radical (unpaired) electrons. The highest BCUT2D eigenvalue weighted by Gasteiger charge is 2.12. The zero-order valence-corrected chi connectivity index (χ0v) is 10.7. The molecule has 0 aromatic carbocycles. The van der Waals surface area contributed by atoms with Crippen molar-refractivity contribution in [2.75, 3.05) is 0 Å². The number of aromatic nitrogens is 3. The lowest BCUT2D eigenvalue weighted by molar-refractivity contribution is 0.101. The van der Waals surface area contributed by atoms with Gasteiger partial charge in [-0.15, -0.1) is 6.58 Å². The van der Waals surface area contributed by atoms with Crippen LogP contribution in [0.15, 0.2) is 18.7 Å². The molecule has 0 saturated carbocycles. The van der Waals surface area contributed by atoms with Crippen LogP contribution in [0.1, 0.15) is 35.6 Å². The zero-order chi connectivity index (χ0) is 13.0. The molecule has 0 unspecified atom stereocenters. The van der Waals surface area contributed by atoms with Gasteiger partial charge in [0.05, 0.1) is 5.39 Å². The van der Waals surface area contributed by atoms with Gasteiger partial charge in [0.15, 0.2) is 11.4 Å². The largest absolute Gasteiger partial charge is 0.294 e. The van der Waals surface area contributed by atoms with Gasteiger partial charge in [0.1, 0.15) is 0 Å². The molecule has 0 saturated heterocycles. The van der Waals surface area contributed by atoms with Crippen molar-refractivity contribution in [2.24, 2.45) is 0 Å². The number of aromatic amines is 1. The quantitative estimate of drug-likeness (QED) is 0.606. The van der Waals surface area contributed by atoms with Crippen LogP contribution in [0.2, 0.25) is 0 Å². The number of ketones is 1. The highest BCUT2D eigenvalue weighted by Crippen LogP contribution is 2.19. The van der Waals surface area contributed by atoms with Gasteiger partial charge in [-0.3, -0.25) is 9.89 Å². The third kappa shape index (κ3) is 2.78. The summed E-state index contributed by atoms with van der Waals surface area (Å²) >= 11 is 0. The Morgan fingerprint density at radius 2 is 2.06 bits per heavy atom. The summed E-state index contributed by atoms with van der Waals surface area (Å²) in [6.45, 7) is 10.6. The first-order chi connectivity index (χ1) is 8.01. The summed E-state index contributed by atoms with van der Waals surface area (Å²) in [4.78, 5) is 15.6. The van der Waals surface area contributed by atoms with Crippen LogP contribution in [0.4, 0.5) is 0 Å². The van der Waals surface area contributed by atoms with E-state index < -0.39 is 0 Å². The van der Waals surface area contributed by atoms with E-state index in [9.17, 15) is 4.79 Å². The second kappa shape index (κ2) is 5.39. The molecule has 1 N–H and O–H groups in total. The molecule has 0 aliphatic heterocycles. The van der Waals surface area contributed by atoms with E-state index in [4.69, 9.17) is 0 Å². The molecule has 0 bridgehead atoms. The van der Waals surface area contributed by atoms with Crippen LogP contribution in [0.25, 0.3) is 11.0 Å². The van der Waals surface area contributed by atoms with Crippen molar-refractivity contribution in [2.45, 2.75) is 27.7 Å². The lowest BCUT2D eigenvalue weighted by atomic mass is 10.1. The molecule has 0 fully saturated rings. The van der Waals surface area contributed by atoms with Crippen molar-refractivity contribution < 1.29 is 4.79 Å². The van der Waals surface area contributed by atoms with Crippen LogP contribution in [-0.4, -0.2) is 21.0 Å². The van der Waals surface area contributed by atoms with E-state index in [-0.39, 0.29) is 5.78 Å². The van der Waals surface area contributed by atoms with E-state index in [0.29, 0.717) is 11.2 Å². The molecule has 17 heavy (non-hydrogen) atoms. The maximum Gasteiger partial charge on any atom is 0.182 e. The van der Waals surface area contributed by atoms with Crippen LogP contribution in [0.5, 0.6) is 0 Å². The van der Waals surface area contributed by atoms with Crippen LogP contribution in [0, 0.1) is 13.8 Å². The first kappa shape index (κ1) is 13.1. The Balaban J connectivity index is 0.000000437. The molecule has 0 atom stereocenters. The Morgan fingerprint density at radius 3 is 2.59 bits per heavy atom. The normalized spacial score (nSPS) is 9.65. The van der Waals surface area contributed by atoms with Gasteiger partial charge in [0.25, 0.3) is 0 Å². The molecule has 2 heterocycles. The molecule has 0 aliphatic carbocycles. The summed E-state index contributed by atoms with van der Waals surface area (Å²) in [5, 5.41) is 7.70. The molecule has 2 aromatic heterocycles. The fourth-order valence-electron chi connectivity index (χ4n) is 1.58. The van der Waals surface area contributed by atoms with Crippen molar-refractivity contribution in [1.82, 2.24) is 15.2 Å². The average Bonchev–Trinajstić information content (AvgIpc) is 2.60. The van der Waals surface area contributed by atoms with Crippen molar-refractivity contribution in [3.63, 3.8) is 0 Å². The van der Waals surface area contributed by atoms with E-state index in [0.717, 1.165) is 16.8 Å². The van der Waals surface area contributed by atoms with Crippen LogP contribution in [-0.2, 0) is 0 Å². The first-order valence-corrected chi connectivity index (χ1v) is 5.41. The molecule has 0 spiro atoms. The number of allylic oxidation sites excluding steroid dienone is 1. The topological polar surface area (TPSA) is 58.6 Å². The van der Waals surface area contributed by atoms with Gasteiger partial charge in [-0.05, 0) is 33.8 Å². The molecule has 90 valence electrons. The number of hydrogen-bond donors (Lipinski definition) is 1. The molecule has 0 aliphatic rings. The minimum atomic E-state index is 0.0463. The monoisotopic (exact) mass is 231 g/mol. The molecule has 0 amide bonds. The van der Waals surface area contributed by atoms with Crippen LogP contribution < -0.4 is 0 Å². The minimum Gasteiger partial charge on any atom is -0.294 e. The molecule has 2 aromatic rings. The fourth-order valence-corrected chi connectivity index (χ4v) is 1.58. The standard InChI is InChI=1S/C10H11N3O.C3H6/c1-5-4-8(7(3)14)9-6(2)12-13-10(9)11-5;1-3-2/h4H,1-3H3,(H,11,12,13);3H,1H2,2H3. The van der Waals surface area contributed by atoms with Crippen molar-refractivity contribution in [1.29, 1.82) is 0 Å². The number of H-pyrrole nitrogens is 1. The molecular formula is C13H17N3O. The minimum absolute atomic E-state index is 0.0463. The highest BCUT2D eigenvalue weighted by atomic mass is 16.1. The predicted octanol–water partition coefficient (Wildman–Crippen LogP) is 2.97. The van der Waals surface area contributed by atoms with E-state index in [2.05, 4.69) is 21.8 Å². The SMILES string of the molecule is C=CC.CC(=O)c1cc(C)nc2n[nH]c(C)c12. The molecule has 4 nitrogen and oxygen atoms in total. The number of pyridine rings is 1. The van der Waals surface area contributed by atoms with Gasteiger partial charge in [0, 0.05) is 17.0 Å². The average molecular weight is 231 g/mol. The Labute approximate surface area is 101 Å². The number of carbonyl (C=O) groups excluding carboxylic acids is 1. The summed E-state index contributed by atoms with van der Waals surface area (Å²) < 4.78 is 0. The maximum atomic E-state index is 11.4. The van der Waals surface area contributed by atoms with E-state index in [1.807, 2.05) is 20.8 Å². The fraction of sp³-hybridized carbons (Fsp3) is 0.308. The lowest BCUT2D eigenvalue weighted by Crippen LogP contribution is -1.96. The number of carbonyl (C=O) groups is 1. The second-order valence-electron chi connectivity index (χ2n) is 3.82. The van der Waals surface area contributed by atoms with Gasteiger partial charge in [-0.1, -0.05) is 6.08 Å². The van der Waals surface area contributed by atoms with Gasteiger partial charge in [-0.25, -0.2) is 4.98 Å². The van der Waals surface area contributed by atoms with Gasteiger partial charge >= 0.3 is 0 Å². The van der Waals surface area contributed by atoms with Crippen molar-refractivity contribution >= 4 is 16.8 Å². The van der Waals surface area contributed by atoms with Gasteiger partial charge in [0.2, 0.25) is 0 Å². The van der Waals surface area contributed by atoms with Gasteiger partial charge < -0.3 is 0 Å². The molecular weight excluding hydrogens is 214 g/mol. The van der Waals surface area contributed by atoms with Crippen molar-refractivity contribution in [3.05, 3.63) is 35.7 Å². The highest BCUT2D eigenvalue weighted by molar-refractivity contribution is 6.06. The lowest BCUT2D eigenvalue weighted by Gasteiger charge is -2.00. The van der Waals surface area contributed by atoms with E-state index in [1.165, 1.54) is 0 Å². The van der Waals surface area contributed by atoms with Gasteiger partial charge in [-0.2, -0.15) is 5.10 Å². The van der Waals surface area contributed by atoms with Crippen LogP contribution in [0.3, 0.4) is 0 Å².